The monoisotopic (exact) mass is 399 g/mol. The Bertz CT molecular complexity index is 1050. The van der Waals surface area contributed by atoms with Crippen LogP contribution in [0.15, 0.2) is 46.3 Å². The number of fused-ring (bicyclic) bond motifs is 1. The zero-order chi connectivity index (χ0) is 20.5. The number of hydrogen-bond acceptors (Lipinski definition) is 6. The summed E-state index contributed by atoms with van der Waals surface area (Å²) in [7, 11) is 3.07. The number of nitrogen functional groups attached to an aromatic ring is 1. The van der Waals surface area contributed by atoms with Gasteiger partial charge < -0.3 is 15.3 Å². The third-order valence-corrected chi connectivity index (χ3v) is 5.59. The van der Waals surface area contributed by atoms with Crippen molar-refractivity contribution < 1.29 is 9.47 Å². The molecular formula is C21H25N3O3S. The van der Waals surface area contributed by atoms with Crippen LogP contribution < -0.4 is 20.9 Å². The summed E-state index contributed by atoms with van der Waals surface area (Å²) in [5.41, 5.74) is 2.73. The highest BCUT2D eigenvalue weighted by atomic mass is 32.2. The highest BCUT2D eigenvalue weighted by Gasteiger charge is 2.15. The number of aromatic nitrogens is 2. The van der Waals surface area contributed by atoms with Crippen molar-refractivity contribution in [3.63, 3.8) is 0 Å². The van der Waals surface area contributed by atoms with Gasteiger partial charge in [-0.2, -0.15) is 0 Å². The zero-order valence-electron chi connectivity index (χ0n) is 16.8. The summed E-state index contributed by atoms with van der Waals surface area (Å²) < 4.78 is 11.7. The van der Waals surface area contributed by atoms with Crippen molar-refractivity contribution in [2.45, 2.75) is 37.1 Å². The van der Waals surface area contributed by atoms with E-state index in [1.807, 2.05) is 0 Å². The van der Waals surface area contributed by atoms with Gasteiger partial charge in [-0.15, -0.1) is 0 Å². The Labute approximate surface area is 168 Å². The first-order chi connectivity index (χ1) is 13.2. The van der Waals surface area contributed by atoms with Crippen LogP contribution in [0.2, 0.25) is 0 Å². The van der Waals surface area contributed by atoms with Gasteiger partial charge in [0.1, 0.15) is 0 Å². The van der Waals surface area contributed by atoms with Gasteiger partial charge in [0.25, 0.3) is 5.56 Å². The summed E-state index contributed by atoms with van der Waals surface area (Å²) in [6.07, 6.45) is 0. The lowest BCUT2D eigenvalue weighted by atomic mass is 9.87. The molecular weight excluding hydrogens is 374 g/mol. The van der Waals surface area contributed by atoms with Gasteiger partial charge in [-0.3, -0.25) is 4.79 Å². The molecule has 0 bridgehead atoms. The van der Waals surface area contributed by atoms with Crippen molar-refractivity contribution in [1.29, 1.82) is 0 Å². The van der Waals surface area contributed by atoms with Gasteiger partial charge in [-0.25, -0.2) is 9.66 Å². The second kappa shape index (κ2) is 7.75. The van der Waals surface area contributed by atoms with E-state index in [0.29, 0.717) is 33.3 Å². The normalized spacial score (nSPS) is 11.6. The van der Waals surface area contributed by atoms with E-state index < -0.39 is 0 Å². The number of nitrogens with two attached hydrogens (primary N) is 1. The lowest BCUT2D eigenvalue weighted by molar-refractivity contribution is 0.355. The molecule has 28 heavy (non-hydrogen) atoms. The third-order valence-electron chi connectivity index (χ3n) is 4.56. The van der Waals surface area contributed by atoms with Gasteiger partial charge in [0.05, 0.1) is 25.1 Å². The van der Waals surface area contributed by atoms with Crippen LogP contribution in [0, 0.1) is 0 Å². The van der Waals surface area contributed by atoms with Crippen LogP contribution in [0.5, 0.6) is 11.5 Å². The maximum atomic E-state index is 12.7. The molecule has 0 spiro atoms. The zero-order valence-corrected chi connectivity index (χ0v) is 17.6. The highest BCUT2D eigenvalue weighted by molar-refractivity contribution is 7.98. The van der Waals surface area contributed by atoms with Crippen LogP contribution in [0.25, 0.3) is 10.9 Å². The van der Waals surface area contributed by atoms with Crippen molar-refractivity contribution in [2.24, 2.45) is 0 Å². The first kappa shape index (κ1) is 20.1. The first-order valence-corrected chi connectivity index (χ1v) is 9.89. The predicted octanol–water partition coefficient (Wildman–Crippen LogP) is 3.72. The molecule has 0 amide bonds. The van der Waals surface area contributed by atoms with E-state index >= 15 is 0 Å². The van der Waals surface area contributed by atoms with E-state index in [9.17, 15) is 4.79 Å². The Hall–Kier alpha value is -2.67. The largest absolute Gasteiger partial charge is 0.493 e. The van der Waals surface area contributed by atoms with Gasteiger partial charge in [-0.1, -0.05) is 56.8 Å². The van der Waals surface area contributed by atoms with Crippen LogP contribution in [-0.4, -0.2) is 23.9 Å². The van der Waals surface area contributed by atoms with E-state index in [1.165, 1.54) is 24.4 Å². The van der Waals surface area contributed by atoms with Crippen LogP contribution in [0.3, 0.4) is 0 Å². The minimum Gasteiger partial charge on any atom is -0.493 e. The third kappa shape index (κ3) is 3.94. The maximum absolute atomic E-state index is 12.7. The van der Waals surface area contributed by atoms with Crippen molar-refractivity contribution in [2.75, 3.05) is 20.1 Å². The number of methoxy groups -OCH3 is 2. The van der Waals surface area contributed by atoms with Crippen molar-refractivity contribution in [3.8, 4) is 11.5 Å². The Morgan fingerprint density at radius 2 is 1.68 bits per heavy atom. The summed E-state index contributed by atoms with van der Waals surface area (Å²) in [6, 6.07) is 11.8. The van der Waals surface area contributed by atoms with Crippen molar-refractivity contribution in [1.82, 2.24) is 9.66 Å². The average molecular weight is 400 g/mol. The van der Waals surface area contributed by atoms with E-state index in [0.717, 1.165) is 10.2 Å². The number of hydrogen-bond donors (Lipinski definition) is 1. The fourth-order valence-electron chi connectivity index (χ4n) is 2.86. The lowest BCUT2D eigenvalue weighted by Crippen LogP contribution is -2.29. The molecule has 0 aliphatic carbocycles. The molecule has 0 fully saturated rings. The van der Waals surface area contributed by atoms with Crippen LogP contribution in [-0.2, 0) is 11.2 Å². The van der Waals surface area contributed by atoms with E-state index in [-0.39, 0.29) is 11.0 Å². The topological polar surface area (TPSA) is 79.4 Å². The average Bonchev–Trinajstić information content (AvgIpc) is 2.68. The molecule has 7 heteroatoms. The Kier molecular flexibility index (Phi) is 5.56. The summed E-state index contributed by atoms with van der Waals surface area (Å²) in [5, 5.41) is 0.837. The van der Waals surface area contributed by atoms with Crippen LogP contribution in [0.1, 0.15) is 31.9 Å². The summed E-state index contributed by atoms with van der Waals surface area (Å²) in [5.74, 6) is 7.65. The molecule has 0 radical (unpaired) electrons. The smallest absolute Gasteiger partial charge is 0.280 e. The van der Waals surface area contributed by atoms with Gasteiger partial charge in [0, 0.05) is 11.8 Å². The van der Waals surface area contributed by atoms with Gasteiger partial charge in [0.15, 0.2) is 16.7 Å². The number of benzene rings is 2. The molecule has 0 aliphatic heterocycles. The molecule has 3 rings (SSSR count). The molecule has 0 atom stereocenters. The van der Waals surface area contributed by atoms with E-state index in [2.05, 4.69) is 50.0 Å². The standard InChI is InChI=1S/C21H25N3O3S/c1-21(2,3)14-8-6-13(7-9-14)12-28-20-23-16-11-18(27-5)17(26-4)10-15(16)19(25)24(20)22/h6-11H,12,22H2,1-5H3. The number of nitrogens with zero attached hydrogens (tertiary/aromatic N) is 2. The summed E-state index contributed by atoms with van der Waals surface area (Å²) in [4.78, 5) is 17.2. The van der Waals surface area contributed by atoms with Gasteiger partial charge >= 0.3 is 0 Å². The molecule has 2 aromatic carbocycles. The molecule has 2 N–H and O–H groups in total. The maximum Gasteiger partial charge on any atom is 0.280 e. The summed E-state index contributed by atoms with van der Waals surface area (Å²) in [6.45, 7) is 6.56. The van der Waals surface area contributed by atoms with Gasteiger partial charge in [0.2, 0.25) is 0 Å². The Balaban J connectivity index is 1.91. The van der Waals surface area contributed by atoms with Crippen molar-refractivity contribution in [3.05, 3.63) is 57.9 Å². The second-order valence-electron chi connectivity index (χ2n) is 7.53. The quantitative estimate of drug-likeness (QED) is 0.400. The molecule has 1 aromatic heterocycles. The second-order valence-corrected chi connectivity index (χ2v) is 8.47. The minimum absolute atomic E-state index is 0.115. The fourth-order valence-corrected chi connectivity index (χ4v) is 3.73. The molecule has 6 nitrogen and oxygen atoms in total. The Morgan fingerprint density at radius 3 is 2.25 bits per heavy atom. The SMILES string of the molecule is COc1cc2nc(SCc3ccc(C(C)(C)C)cc3)n(N)c(=O)c2cc1OC. The molecule has 0 saturated carbocycles. The van der Waals surface area contributed by atoms with Crippen molar-refractivity contribution >= 4 is 22.7 Å². The molecule has 0 saturated heterocycles. The van der Waals surface area contributed by atoms with Gasteiger partial charge in [-0.05, 0) is 22.6 Å². The van der Waals surface area contributed by atoms with E-state index in [1.54, 1.807) is 19.2 Å². The molecule has 3 aromatic rings. The lowest BCUT2D eigenvalue weighted by Gasteiger charge is -2.19. The molecule has 1 heterocycles. The van der Waals surface area contributed by atoms with Crippen LogP contribution >= 0.6 is 11.8 Å². The number of rotatable bonds is 5. The van der Waals surface area contributed by atoms with E-state index in [4.69, 9.17) is 15.3 Å². The fraction of sp³-hybridized carbons (Fsp3) is 0.333. The predicted molar refractivity (Wildman–Crippen MR) is 114 cm³/mol. The minimum atomic E-state index is -0.323. The molecule has 148 valence electrons. The number of ether oxygens (including phenoxy) is 2. The number of thioether (sulfide) groups is 1. The first-order valence-electron chi connectivity index (χ1n) is 8.90. The highest BCUT2D eigenvalue weighted by Crippen LogP contribution is 2.31. The molecule has 0 unspecified atom stereocenters. The Morgan fingerprint density at radius 1 is 1.07 bits per heavy atom. The molecule has 0 aliphatic rings. The van der Waals surface area contributed by atoms with Crippen LogP contribution in [0.4, 0.5) is 0 Å². The summed E-state index contributed by atoms with van der Waals surface area (Å²) >= 11 is 1.42.